The lowest BCUT2D eigenvalue weighted by Gasteiger charge is -2.14. The molecule has 5 heteroatoms. The summed E-state index contributed by atoms with van der Waals surface area (Å²) in [4.78, 5) is 13.1. The van der Waals surface area contributed by atoms with Crippen LogP contribution in [0.1, 0.15) is 6.92 Å². The van der Waals surface area contributed by atoms with Crippen LogP contribution in [0.2, 0.25) is 0 Å². The molecule has 1 amide bonds. The molecule has 2 unspecified atom stereocenters. The van der Waals surface area contributed by atoms with Crippen molar-refractivity contribution in [3.63, 3.8) is 0 Å². The Labute approximate surface area is 116 Å². The summed E-state index contributed by atoms with van der Waals surface area (Å²) in [5.41, 5.74) is 0. The van der Waals surface area contributed by atoms with Gasteiger partial charge in [0.1, 0.15) is 0 Å². The fraction of sp³-hybridized carbons (Fsp3) is 0.462. The number of nitrogens with one attached hydrogen (secondary N) is 2. The van der Waals surface area contributed by atoms with Gasteiger partial charge in [-0.15, -0.1) is 23.5 Å². The Morgan fingerprint density at radius 3 is 3.00 bits per heavy atom. The highest BCUT2D eigenvalue weighted by Gasteiger charge is 2.22. The van der Waals surface area contributed by atoms with Gasteiger partial charge in [-0.1, -0.05) is 25.1 Å². The summed E-state index contributed by atoms with van der Waals surface area (Å²) in [5, 5.41) is 6.56. The smallest absolute Gasteiger partial charge is 0.238 e. The molecule has 0 aromatic heterocycles. The maximum absolute atomic E-state index is 11.8. The second kappa shape index (κ2) is 7.07. The van der Waals surface area contributed by atoms with E-state index in [1.54, 1.807) is 23.5 Å². The SMILES string of the molecule is CC(CNC(=O)C1CSCN1)Sc1ccccc1. The Morgan fingerprint density at radius 1 is 1.56 bits per heavy atom. The number of rotatable bonds is 5. The fourth-order valence-electron chi connectivity index (χ4n) is 1.70. The highest BCUT2D eigenvalue weighted by Crippen LogP contribution is 2.22. The van der Waals surface area contributed by atoms with Gasteiger partial charge in [-0.05, 0) is 12.1 Å². The largest absolute Gasteiger partial charge is 0.354 e. The average Bonchev–Trinajstić information content (AvgIpc) is 2.91. The zero-order valence-corrected chi connectivity index (χ0v) is 12.0. The normalized spacial score (nSPS) is 20.6. The molecule has 1 saturated heterocycles. The van der Waals surface area contributed by atoms with Gasteiger partial charge in [0.25, 0.3) is 0 Å². The number of amides is 1. The Hall–Kier alpha value is -0.650. The van der Waals surface area contributed by atoms with Crippen LogP contribution in [0.4, 0.5) is 0 Å². The minimum Gasteiger partial charge on any atom is -0.354 e. The predicted molar refractivity (Wildman–Crippen MR) is 79.0 cm³/mol. The maximum atomic E-state index is 11.8. The first-order valence-corrected chi connectivity index (χ1v) is 8.09. The van der Waals surface area contributed by atoms with E-state index in [4.69, 9.17) is 0 Å². The molecule has 1 aromatic carbocycles. The molecule has 2 rings (SSSR count). The van der Waals surface area contributed by atoms with Gasteiger partial charge in [0.05, 0.1) is 6.04 Å². The second-order valence-corrected chi connectivity index (χ2v) is 6.80. The first-order chi connectivity index (χ1) is 8.75. The quantitative estimate of drug-likeness (QED) is 0.810. The lowest BCUT2D eigenvalue weighted by atomic mass is 10.3. The second-order valence-electron chi connectivity index (χ2n) is 4.26. The molecule has 2 N–H and O–H groups in total. The van der Waals surface area contributed by atoms with Crippen molar-refractivity contribution in [2.45, 2.75) is 23.1 Å². The summed E-state index contributed by atoms with van der Waals surface area (Å²) < 4.78 is 0. The Kier molecular flexibility index (Phi) is 5.41. The van der Waals surface area contributed by atoms with Crippen molar-refractivity contribution in [2.75, 3.05) is 18.2 Å². The third kappa shape index (κ3) is 4.23. The third-order valence-electron chi connectivity index (χ3n) is 2.68. The van der Waals surface area contributed by atoms with Crippen LogP contribution < -0.4 is 10.6 Å². The van der Waals surface area contributed by atoms with E-state index >= 15 is 0 Å². The van der Waals surface area contributed by atoms with Crippen LogP contribution in [0.25, 0.3) is 0 Å². The standard InChI is InChI=1S/C13H18N2OS2/c1-10(18-11-5-3-2-4-6-11)7-14-13(16)12-8-17-9-15-12/h2-6,10,12,15H,7-9H2,1H3,(H,14,16). The van der Waals surface area contributed by atoms with Crippen LogP contribution in [-0.2, 0) is 4.79 Å². The fourth-order valence-corrected chi connectivity index (χ4v) is 3.59. The van der Waals surface area contributed by atoms with Crippen LogP contribution in [0.5, 0.6) is 0 Å². The van der Waals surface area contributed by atoms with E-state index in [2.05, 4.69) is 29.7 Å². The van der Waals surface area contributed by atoms with Crippen molar-refractivity contribution < 1.29 is 4.79 Å². The van der Waals surface area contributed by atoms with E-state index in [1.807, 2.05) is 18.2 Å². The molecule has 98 valence electrons. The summed E-state index contributed by atoms with van der Waals surface area (Å²) in [6, 6.07) is 10.3. The molecule has 18 heavy (non-hydrogen) atoms. The first-order valence-electron chi connectivity index (χ1n) is 6.06. The molecular weight excluding hydrogens is 264 g/mol. The number of benzene rings is 1. The minimum atomic E-state index is -0.0103. The van der Waals surface area contributed by atoms with Crippen LogP contribution >= 0.6 is 23.5 Å². The molecule has 1 aromatic rings. The molecule has 0 radical (unpaired) electrons. The molecule has 1 heterocycles. The van der Waals surface area contributed by atoms with Gasteiger partial charge in [-0.25, -0.2) is 0 Å². The van der Waals surface area contributed by atoms with Gasteiger partial charge in [-0.2, -0.15) is 0 Å². The Balaban J connectivity index is 1.71. The Morgan fingerprint density at radius 2 is 2.33 bits per heavy atom. The lowest BCUT2D eigenvalue weighted by Crippen LogP contribution is -2.43. The van der Waals surface area contributed by atoms with Gasteiger partial charge in [-0.3, -0.25) is 10.1 Å². The van der Waals surface area contributed by atoms with Crippen molar-refractivity contribution in [3.8, 4) is 0 Å². The van der Waals surface area contributed by atoms with Crippen molar-refractivity contribution in [1.82, 2.24) is 10.6 Å². The van der Waals surface area contributed by atoms with Gasteiger partial charge in [0, 0.05) is 28.3 Å². The average molecular weight is 282 g/mol. The number of thioether (sulfide) groups is 2. The number of hydrogen-bond acceptors (Lipinski definition) is 4. The van der Waals surface area contributed by atoms with Crippen LogP contribution in [-0.4, -0.2) is 35.4 Å². The molecule has 0 spiro atoms. The van der Waals surface area contributed by atoms with Gasteiger partial charge < -0.3 is 5.32 Å². The van der Waals surface area contributed by atoms with Crippen LogP contribution in [0.3, 0.4) is 0 Å². The van der Waals surface area contributed by atoms with E-state index in [0.717, 1.165) is 11.6 Å². The number of carbonyl (C=O) groups is 1. The van der Waals surface area contributed by atoms with Crippen LogP contribution in [0.15, 0.2) is 35.2 Å². The highest BCUT2D eigenvalue weighted by atomic mass is 32.2. The molecule has 0 saturated carbocycles. The molecular formula is C13H18N2OS2. The van der Waals surface area contributed by atoms with Crippen molar-refractivity contribution in [2.24, 2.45) is 0 Å². The van der Waals surface area contributed by atoms with Crippen molar-refractivity contribution in [3.05, 3.63) is 30.3 Å². The topological polar surface area (TPSA) is 41.1 Å². The predicted octanol–water partition coefficient (Wildman–Crippen LogP) is 1.95. The first kappa shape index (κ1) is 13.8. The molecule has 1 aliphatic heterocycles. The molecule has 1 fully saturated rings. The zero-order valence-electron chi connectivity index (χ0n) is 10.4. The number of carbonyl (C=O) groups excluding carboxylic acids is 1. The van der Waals surface area contributed by atoms with Gasteiger partial charge in [0.15, 0.2) is 0 Å². The van der Waals surface area contributed by atoms with E-state index in [0.29, 0.717) is 11.8 Å². The summed E-state index contributed by atoms with van der Waals surface area (Å²) in [5.74, 6) is 1.89. The molecule has 0 bridgehead atoms. The van der Waals surface area contributed by atoms with Crippen LogP contribution in [0, 0.1) is 0 Å². The maximum Gasteiger partial charge on any atom is 0.238 e. The molecule has 1 aliphatic rings. The van der Waals surface area contributed by atoms with E-state index in [9.17, 15) is 4.79 Å². The van der Waals surface area contributed by atoms with Gasteiger partial charge in [0.2, 0.25) is 5.91 Å². The summed E-state index contributed by atoms with van der Waals surface area (Å²) in [6.45, 7) is 2.84. The van der Waals surface area contributed by atoms with E-state index in [-0.39, 0.29) is 11.9 Å². The van der Waals surface area contributed by atoms with E-state index in [1.165, 1.54) is 4.90 Å². The summed E-state index contributed by atoms with van der Waals surface area (Å²) >= 11 is 3.56. The van der Waals surface area contributed by atoms with E-state index < -0.39 is 0 Å². The lowest BCUT2D eigenvalue weighted by molar-refractivity contribution is -0.122. The number of hydrogen-bond donors (Lipinski definition) is 2. The van der Waals surface area contributed by atoms with Gasteiger partial charge >= 0.3 is 0 Å². The Bertz CT molecular complexity index is 380. The summed E-state index contributed by atoms with van der Waals surface area (Å²) in [6.07, 6.45) is 0. The monoisotopic (exact) mass is 282 g/mol. The third-order valence-corrected chi connectivity index (χ3v) is 4.73. The summed E-state index contributed by atoms with van der Waals surface area (Å²) in [7, 11) is 0. The minimum absolute atomic E-state index is 0.0103. The molecule has 3 nitrogen and oxygen atoms in total. The zero-order chi connectivity index (χ0) is 12.8. The van der Waals surface area contributed by atoms with Crippen molar-refractivity contribution >= 4 is 29.4 Å². The molecule has 2 atom stereocenters. The van der Waals surface area contributed by atoms with Crippen molar-refractivity contribution in [1.29, 1.82) is 0 Å². The highest BCUT2D eigenvalue weighted by molar-refractivity contribution is 8.00. The molecule has 0 aliphatic carbocycles.